The summed E-state index contributed by atoms with van der Waals surface area (Å²) in [5.74, 6) is -1.59. The largest absolute Gasteiger partial charge is 0.465 e. The highest BCUT2D eigenvalue weighted by molar-refractivity contribution is 9.10. The lowest BCUT2D eigenvalue weighted by Crippen LogP contribution is -2.30. The maximum atomic E-state index is 14.0. The molecule has 0 aliphatic rings. The van der Waals surface area contributed by atoms with E-state index < -0.39 is 33.8 Å². The van der Waals surface area contributed by atoms with Gasteiger partial charge in [-0.2, -0.15) is 5.10 Å². The summed E-state index contributed by atoms with van der Waals surface area (Å²) in [4.78, 5) is 18.3. The molecule has 0 radical (unpaired) electrons. The van der Waals surface area contributed by atoms with E-state index in [1.165, 1.54) is 4.68 Å². The van der Waals surface area contributed by atoms with Crippen LogP contribution in [-0.2, 0) is 23.5 Å². The topological polar surface area (TPSA) is 129 Å². The molecular weight excluding hydrogens is 634 g/mol. The summed E-state index contributed by atoms with van der Waals surface area (Å²) >= 11 is 9.95. The number of sulfonamides is 1. The van der Waals surface area contributed by atoms with E-state index in [0.29, 0.717) is 32.3 Å². The van der Waals surface area contributed by atoms with E-state index in [2.05, 4.69) is 36.1 Å². The Morgan fingerprint density at radius 2 is 1.82 bits per heavy atom. The SMILES string of the molecule is CN(C)c1cc(-c2ccc(Cl)c3c(NS(C)(=O)=O)nn(C)c23)c(C(Cc2cc(F)cc(F)c2)NC(=O)O)nc1Br. The molecule has 10 nitrogen and oxygen atoms in total. The highest BCUT2D eigenvalue weighted by Crippen LogP contribution is 2.42. The number of nitrogens with one attached hydrogen (secondary N) is 2. The van der Waals surface area contributed by atoms with E-state index in [0.717, 1.165) is 24.5 Å². The summed E-state index contributed by atoms with van der Waals surface area (Å²) in [6.07, 6.45) is -0.510. The zero-order valence-electron chi connectivity index (χ0n) is 21.6. The minimum atomic E-state index is -3.70. The Balaban J connectivity index is 2.02. The first kappa shape index (κ1) is 29.5. The zero-order chi connectivity index (χ0) is 29.5. The van der Waals surface area contributed by atoms with Gasteiger partial charge >= 0.3 is 6.09 Å². The Hall–Kier alpha value is -3.49. The van der Waals surface area contributed by atoms with Crippen LogP contribution in [0.2, 0.25) is 5.02 Å². The number of pyridine rings is 1. The molecule has 2 aromatic heterocycles. The number of fused-ring (bicyclic) bond motifs is 1. The summed E-state index contributed by atoms with van der Waals surface area (Å²) in [5, 5.41) is 16.9. The van der Waals surface area contributed by atoms with Crippen molar-refractivity contribution in [2.45, 2.75) is 12.5 Å². The normalized spacial score (nSPS) is 12.4. The number of amides is 1. The summed E-state index contributed by atoms with van der Waals surface area (Å²) in [6.45, 7) is 0. The Kier molecular flexibility index (Phi) is 8.24. The third-order valence-corrected chi connectivity index (χ3v) is 7.43. The van der Waals surface area contributed by atoms with E-state index in [4.69, 9.17) is 11.6 Å². The first-order valence-electron chi connectivity index (χ1n) is 11.6. The van der Waals surface area contributed by atoms with Gasteiger partial charge in [0.1, 0.15) is 16.2 Å². The van der Waals surface area contributed by atoms with Gasteiger partial charge in [0, 0.05) is 38.3 Å². The fraction of sp³-hybridized carbons (Fsp3) is 0.240. The van der Waals surface area contributed by atoms with Crippen molar-refractivity contribution in [2.75, 3.05) is 30.0 Å². The standard InChI is InChI=1S/C25H24BrClF2N6O4S/c1-34(2)19-11-16(15-5-6-17(27)20-22(15)35(3)32-24(20)33-40(4,38)39)21(31-23(19)26)18(30-25(36)37)9-12-7-13(28)10-14(29)8-12/h5-8,10-11,18,30H,9H2,1-4H3,(H,32,33)(H,36,37). The fourth-order valence-electron chi connectivity index (χ4n) is 4.46. The van der Waals surface area contributed by atoms with Gasteiger partial charge in [0.05, 0.1) is 39.6 Å². The number of rotatable bonds is 8. The van der Waals surface area contributed by atoms with Gasteiger partial charge in [-0.3, -0.25) is 9.40 Å². The molecule has 2 heterocycles. The van der Waals surface area contributed by atoms with Crippen LogP contribution in [0, 0.1) is 11.6 Å². The van der Waals surface area contributed by atoms with Crippen molar-refractivity contribution in [3.8, 4) is 11.1 Å². The van der Waals surface area contributed by atoms with Gasteiger partial charge < -0.3 is 15.3 Å². The highest BCUT2D eigenvalue weighted by Gasteiger charge is 2.27. The number of hydrogen-bond donors (Lipinski definition) is 3. The van der Waals surface area contributed by atoms with E-state index in [-0.39, 0.29) is 28.5 Å². The van der Waals surface area contributed by atoms with E-state index in [9.17, 15) is 27.1 Å². The lowest BCUT2D eigenvalue weighted by molar-refractivity contribution is 0.189. The van der Waals surface area contributed by atoms with Crippen molar-refractivity contribution in [3.63, 3.8) is 0 Å². The molecule has 2 aromatic carbocycles. The minimum Gasteiger partial charge on any atom is -0.465 e. The van der Waals surface area contributed by atoms with Crippen molar-refractivity contribution in [1.82, 2.24) is 20.1 Å². The maximum absolute atomic E-state index is 14.0. The molecule has 0 bridgehead atoms. The number of benzene rings is 2. The van der Waals surface area contributed by atoms with Gasteiger partial charge in [-0.25, -0.2) is 27.0 Å². The van der Waals surface area contributed by atoms with Crippen LogP contribution in [0.5, 0.6) is 0 Å². The monoisotopic (exact) mass is 656 g/mol. The number of carbonyl (C=O) groups is 1. The van der Waals surface area contributed by atoms with Crippen LogP contribution in [0.4, 0.5) is 25.1 Å². The van der Waals surface area contributed by atoms with E-state index in [1.807, 2.05) is 0 Å². The number of hydrogen-bond acceptors (Lipinski definition) is 6. The minimum absolute atomic E-state index is 0.0155. The average molecular weight is 658 g/mol. The Bertz CT molecular complexity index is 1730. The van der Waals surface area contributed by atoms with Gasteiger partial charge in [-0.1, -0.05) is 17.7 Å². The van der Waals surface area contributed by atoms with Crippen LogP contribution in [0.25, 0.3) is 22.0 Å². The molecule has 0 saturated heterocycles. The quantitative estimate of drug-likeness (QED) is 0.219. The smallest absolute Gasteiger partial charge is 0.405 e. The molecule has 4 aromatic rings. The third kappa shape index (κ3) is 6.29. The molecular formula is C25H24BrClF2N6O4S. The molecule has 15 heteroatoms. The van der Waals surface area contributed by atoms with E-state index in [1.54, 1.807) is 44.2 Å². The summed E-state index contributed by atoms with van der Waals surface area (Å²) in [6, 6.07) is 6.94. The number of carboxylic acid groups (broad SMARTS) is 1. The second-order valence-corrected chi connectivity index (χ2v) is 12.2. The second kappa shape index (κ2) is 11.2. The lowest BCUT2D eigenvalue weighted by Gasteiger charge is -2.24. The maximum Gasteiger partial charge on any atom is 0.405 e. The molecule has 0 saturated carbocycles. The molecule has 0 fully saturated rings. The van der Waals surface area contributed by atoms with Crippen molar-refractivity contribution < 1.29 is 27.1 Å². The van der Waals surface area contributed by atoms with E-state index >= 15 is 0 Å². The van der Waals surface area contributed by atoms with Crippen molar-refractivity contribution in [3.05, 3.63) is 68.9 Å². The Morgan fingerprint density at radius 3 is 2.40 bits per heavy atom. The average Bonchev–Trinajstić information content (AvgIpc) is 3.13. The van der Waals surface area contributed by atoms with Crippen molar-refractivity contribution in [2.24, 2.45) is 7.05 Å². The van der Waals surface area contributed by atoms with Gasteiger partial charge in [0.15, 0.2) is 5.82 Å². The summed E-state index contributed by atoms with van der Waals surface area (Å²) < 4.78 is 56.2. The molecule has 40 heavy (non-hydrogen) atoms. The van der Waals surface area contributed by atoms with Gasteiger partial charge in [-0.15, -0.1) is 0 Å². The fourth-order valence-corrected chi connectivity index (χ4v) is 5.86. The molecule has 0 aliphatic heterocycles. The summed E-state index contributed by atoms with van der Waals surface area (Å²) in [7, 11) is 1.50. The summed E-state index contributed by atoms with van der Waals surface area (Å²) in [5.41, 5.74) is 2.50. The van der Waals surface area contributed by atoms with Gasteiger partial charge in [0.2, 0.25) is 10.0 Å². The van der Waals surface area contributed by atoms with Gasteiger partial charge in [-0.05, 0) is 52.2 Å². The number of nitrogens with zero attached hydrogens (tertiary/aromatic N) is 4. The van der Waals surface area contributed by atoms with Crippen molar-refractivity contribution >= 4 is 66.1 Å². The number of anilines is 2. The van der Waals surface area contributed by atoms with Crippen LogP contribution >= 0.6 is 27.5 Å². The second-order valence-electron chi connectivity index (χ2n) is 9.27. The molecule has 1 amide bonds. The molecule has 1 atom stereocenters. The zero-order valence-corrected chi connectivity index (χ0v) is 24.8. The van der Waals surface area contributed by atoms with Crippen LogP contribution in [-0.4, -0.2) is 54.7 Å². The molecule has 0 aliphatic carbocycles. The van der Waals surface area contributed by atoms with Gasteiger partial charge in [0.25, 0.3) is 0 Å². The van der Waals surface area contributed by atoms with Crippen molar-refractivity contribution in [1.29, 1.82) is 0 Å². The van der Waals surface area contributed by atoms with Crippen LogP contribution in [0.1, 0.15) is 17.3 Å². The van der Waals surface area contributed by atoms with Crippen LogP contribution in [0.3, 0.4) is 0 Å². The number of aromatic nitrogens is 3. The first-order valence-corrected chi connectivity index (χ1v) is 14.7. The third-order valence-electron chi connectivity index (χ3n) is 5.97. The highest BCUT2D eigenvalue weighted by atomic mass is 79.9. The number of aryl methyl sites for hydroxylation is 1. The molecule has 0 spiro atoms. The Labute approximate surface area is 242 Å². The van der Waals surface area contributed by atoms with Crippen LogP contribution in [0.15, 0.2) is 41.0 Å². The molecule has 3 N–H and O–H groups in total. The number of halogens is 4. The molecule has 1 unspecified atom stereocenters. The predicted octanol–water partition coefficient (Wildman–Crippen LogP) is 5.32. The van der Waals surface area contributed by atoms with Crippen LogP contribution < -0.4 is 14.9 Å². The first-order chi connectivity index (χ1) is 18.6. The molecule has 4 rings (SSSR count). The predicted molar refractivity (Wildman–Crippen MR) is 153 cm³/mol. The molecule has 212 valence electrons. The Morgan fingerprint density at radius 1 is 1.18 bits per heavy atom. The lowest BCUT2D eigenvalue weighted by atomic mass is 9.94.